The number of piperazine rings is 1. The Labute approximate surface area is 138 Å². The number of nitrogens with two attached hydrogens (primary N) is 1. The molecule has 0 atom stereocenters. The van der Waals surface area contributed by atoms with Crippen LogP contribution in [0.3, 0.4) is 0 Å². The zero-order chi connectivity index (χ0) is 15.7. The van der Waals surface area contributed by atoms with Crippen LogP contribution in [0.2, 0.25) is 0 Å². The maximum absolute atomic E-state index is 12.7. The molecule has 1 aromatic carbocycles. The standard InChI is InChI=1S/C15H18N4OS2/c1-17-7-9-18(10-8-17)14(20)12-13(16)19(15(21)22-12)11-5-3-2-4-6-11/h2-6H,7-10,16H2,1H3/p+1. The number of para-hydroxylation sites is 1. The smallest absolute Gasteiger partial charge is 0.268 e. The largest absolute Gasteiger partial charge is 0.383 e. The second-order valence-electron chi connectivity index (χ2n) is 5.50. The van der Waals surface area contributed by atoms with E-state index in [4.69, 9.17) is 18.0 Å². The Kier molecular flexibility index (Phi) is 4.28. The lowest BCUT2D eigenvalue weighted by molar-refractivity contribution is -0.883. The summed E-state index contributed by atoms with van der Waals surface area (Å²) in [6.45, 7) is 3.47. The number of anilines is 1. The summed E-state index contributed by atoms with van der Waals surface area (Å²) in [5.74, 6) is 0.438. The van der Waals surface area contributed by atoms with Crippen molar-refractivity contribution in [1.29, 1.82) is 0 Å². The molecular weight excluding hydrogens is 316 g/mol. The maximum Gasteiger partial charge on any atom is 0.268 e. The fourth-order valence-electron chi connectivity index (χ4n) is 2.60. The number of hydrogen-bond donors (Lipinski definition) is 2. The van der Waals surface area contributed by atoms with E-state index in [2.05, 4.69) is 7.05 Å². The molecule has 1 aromatic heterocycles. The number of nitrogens with zero attached hydrogens (tertiary/aromatic N) is 2. The normalized spacial score (nSPS) is 16.0. The second-order valence-corrected chi connectivity index (χ2v) is 7.15. The average molecular weight is 335 g/mol. The Hall–Kier alpha value is -1.70. The molecule has 3 rings (SSSR count). The number of aromatic nitrogens is 1. The predicted octanol–water partition coefficient (Wildman–Crippen LogP) is 0.821. The Morgan fingerprint density at radius 3 is 2.55 bits per heavy atom. The van der Waals surface area contributed by atoms with Crippen molar-refractivity contribution in [1.82, 2.24) is 9.47 Å². The number of carbonyl (C=O) groups is 1. The molecule has 0 radical (unpaired) electrons. The van der Waals surface area contributed by atoms with Crippen LogP contribution in [0.1, 0.15) is 9.67 Å². The molecular formula is C15H19N4OS2+. The van der Waals surface area contributed by atoms with Crippen LogP contribution < -0.4 is 10.6 Å². The first-order chi connectivity index (χ1) is 10.6. The molecule has 0 aliphatic carbocycles. The van der Waals surface area contributed by atoms with Gasteiger partial charge in [-0.3, -0.25) is 9.36 Å². The van der Waals surface area contributed by atoms with Crippen molar-refractivity contribution >= 4 is 35.3 Å². The Morgan fingerprint density at radius 1 is 1.27 bits per heavy atom. The summed E-state index contributed by atoms with van der Waals surface area (Å²) in [4.78, 5) is 16.6. The SMILES string of the molecule is C[NH+]1CCN(C(=O)c2sc(=S)n(-c3ccccc3)c2N)CC1. The fraction of sp³-hybridized carbons (Fsp3) is 0.333. The molecule has 7 heteroatoms. The number of nitrogens with one attached hydrogen (secondary N) is 1. The van der Waals surface area contributed by atoms with Crippen molar-refractivity contribution in [2.24, 2.45) is 0 Å². The van der Waals surface area contributed by atoms with Crippen LogP contribution in [0.4, 0.5) is 5.82 Å². The number of carbonyl (C=O) groups excluding carboxylic acids is 1. The molecule has 5 nitrogen and oxygen atoms in total. The van der Waals surface area contributed by atoms with Crippen molar-refractivity contribution in [3.05, 3.63) is 39.2 Å². The summed E-state index contributed by atoms with van der Waals surface area (Å²) in [7, 11) is 2.14. The van der Waals surface area contributed by atoms with E-state index < -0.39 is 0 Å². The van der Waals surface area contributed by atoms with Gasteiger partial charge in [-0.2, -0.15) is 0 Å². The molecule has 0 unspecified atom stereocenters. The predicted molar refractivity (Wildman–Crippen MR) is 91.4 cm³/mol. The summed E-state index contributed by atoms with van der Waals surface area (Å²) in [5, 5.41) is 0. The highest BCUT2D eigenvalue weighted by atomic mass is 32.1. The summed E-state index contributed by atoms with van der Waals surface area (Å²) in [6.07, 6.45) is 0. The minimum Gasteiger partial charge on any atom is -0.383 e. The molecule has 116 valence electrons. The van der Waals surface area contributed by atoms with Gasteiger partial charge in [0.05, 0.1) is 33.2 Å². The highest BCUT2D eigenvalue weighted by Gasteiger charge is 2.26. The van der Waals surface area contributed by atoms with Crippen LogP contribution in [0.5, 0.6) is 0 Å². The van der Waals surface area contributed by atoms with Gasteiger partial charge in [-0.25, -0.2) is 0 Å². The molecule has 2 aromatic rings. The van der Waals surface area contributed by atoms with Gasteiger partial charge in [-0.1, -0.05) is 29.5 Å². The van der Waals surface area contributed by atoms with E-state index in [-0.39, 0.29) is 5.91 Å². The van der Waals surface area contributed by atoms with Crippen molar-refractivity contribution in [2.75, 3.05) is 39.0 Å². The number of amides is 1. The highest BCUT2D eigenvalue weighted by molar-refractivity contribution is 7.73. The van der Waals surface area contributed by atoms with E-state index in [1.807, 2.05) is 35.2 Å². The van der Waals surface area contributed by atoms with Crippen molar-refractivity contribution in [2.45, 2.75) is 0 Å². The van der Waals surface area contributed by atoms with Crippen LogP contribution in [0.25, 0.3) is 5.69 Å². The highest BCUT2D eigenvalue weighted by Crippen LogP contribution is 2.27. The lowest BCUT2D eigenvalue weighted by atomic mass is 10.3. The van der Waals surface area contributed by atoms with Crippen LogP contribution in [0, 0.1) is 3.95 Å². The summed E-state index contributed by atoms with van der Waals surface area (Å²) >= 11 is 6.70. The third-order valence-electron chi connectivity index (χ3n) is 3.96. The van der Waals surface area contributed by atoms with Crippen LogP contribution in [-0.4, -0.2) is 48.6 Å². The minimum atomic E-state index is -0.00391. The summed E-state index contributed by atoms with van der Waals surface area (Å²) in [5.41, 5.74) is 7.12. The fourth-order valence-corrected chi connectivity index (χ4v) is 3.93. The third kappa shape index (κ3) is 2.79. The molecule has 2 heterocycles. The second kappa shape index (κ2) is 6.20. The van der Waals surface area contributed by atoms with E-state index in [0.29, 0.717) is 14.6 Å². The molecule has 22 heavy (non-hydrogen) atoms. The maximum atomic E-state index is 12.7. The van der Waals surface area contributed by atoms with Crippen LogP contribution in [-0.2, 0) is 0 Å². The zero-order valence-electron chi connectivity index (χ0n) is 12.4. The number of hydrogen-bond acceptors (Lipinski definition) is 4. The number of likely N-dealkylation sites (N-methyl/N-ethyl adjacent to an activating group) is 1. The van der Waals surface area contributed by atoms with E-state index in [1.165, 1.54) is 16.2 Å². The van der Waals surface area contributed by atoms with Gasteiger partial charge in [0.25, 0.3) is 5.91 Å². The number of rotatable bonds is 2. The van der Waals surface area contributed by atoms with Gasteiger partial charge in [0.1, 0.15) is 10.7 Å². The quantitative estimate of drug-likeness (QED) is 0.799. The lowest BCUT2D eigenvalue weighted by Gasteiger charge is -2.29. The monoisotopic (exact) mass is 335 g/mol. The van der Waals surface area contributed by atoms with Gasteiger partial charge in [-0.05, 0) is 24.4 Å². The Morgan fingerprint density at radius 2 is 1.91 bits per heavy atom. The van der Waals surface area contributed by atoms with E-state index in [9.17, 15) is 4.79 Å². The van der Waals surface area contributed by atoms with Gasteiger partial charge < -0.3 is 15.5 Å². The topological polar surface area (TPSA) is 55.7 Å². The van der Waals surface area contributed by atoms with Crippen molar-refractivity contribution < 1.29 is 9.69 Å². The average Bonchev–Trinajstić information content (AvgIpc) is 2.83. The Balaban J connectivity index is 1.93. The summed E-state index contributed by atoms with van der Waals surface area (Å²) in [6, 6.07) is 9.67. The molecule has 1 saturated heterocycles. The molecule has 0 bridgehead atoms. The summed E-state index contributed by atoms with van der Waals surface area (Å²) < 4.78 is 2.38. The molecule has 1 fully saturated rings. The van der Waals surface area contributed by atoms with E-state index in [0.717, 1.165) is 31.9 Å². The molecule has 0 saturated carbocycles. The van der Waals surface area contributed by atoms with Crippen molar-refractivity contribution in [3.8, 4) is 5.69 Å². The number of benzene rings is 1. The number of thiazole rings is 1. The van der Waals surface area contributed by atoms with Gasteiger partial charge in [0.15, 0.2) is 3.95 Å². The first kappa shape index (κ1) is 15.2. The van der Waals surface area contributed by atoms with E-state index in [1.54, 1.807) is 4.57 Å². The first-order valence-corrected chi connectivity index (χ1v) is 8.47. The number of quaternary nitrogens is 1. The molecule has 0 spiro atoms. The molecule has 1 aliphatic rings. The zero-order valence-corrected chi connectivity index (χ0v) is 14.0. The number of nitrogen functional groups attached to an aromatic ring is 1. The molecule has 3 N–H and O–H groups in total. The molecule has 1 amide bonds. The first-order valence-electron chi connectivity index (χ1n) is 7.25. The van der Waals surface area contributed by atoms with Crippen LogP contribution >= 0.6 is 23.6 Å². The van der Waals surface area contributed by atoms with Crippen LogP contribution in [0.15, 0.2) is 30.3 Å². The Bertz CT molecular complexity index is 730. The third-order valence-corrected chi connectivity index (χ3v) is 5.34. The van der Waals surface area contributed by atoms with Gasteiger partial charge >= 0.3 is 0 Å². The molecule has 1 aliphatic heterocycles. The minimum absolute atomic E-state index is 0.00391. The van der Waals surface area contributed by atoms with Crippen molar-refractivity contribution in [3.63, 3.8) is 0 Å². The van der Waals surface area contributed by atoms with E-state index >= 15 is 0 Å². The van der Waals surface area contributed by atoms with Gasteiger partial charge in [0, 0.05) is 5.69 Å². The lowest BCUT2D eigenvalue weighted by Crippen LogP contribution is -3.12. The van der Waals surface area contributed by atoms with Gasteiger partial charge in [0.2, 0.25) is 0 Å². The van der Waals surface area contributed by atoms with Gasteiger partial charge in [-0.15, -0.1) is 0 Å².